The summed E-state index contributed by atoms with van der Waals surface area (Å²) in [4.78, 5) is 35.7. The molecule has 4 aromatic rings. The number of carbonyl (C=O) groups excluding carboxylic acids is 2. The number of thiophene rings is 1. The zero-order valence-electron chi connectivity index (χ0n) is 23.7. The summed E-state index contributed by atoms with van der Waals surface area (Å²) < 4.78 is 31.9. The molecule has 0 spiro atoms. The van der Waals surface area contributed by atoms with Gasteiger partial charge in [-0.1, -0.05) is 6.07 Å². The minimum absolute atomic E-state index is 0.00330. The quantitative estimate of drug-likeness (QED) is 0.221. The van der Waals surface area contributed by atoms with E-state index in [9.17, 15) is 14.0 Å². The summed E-state index contributed by atoms with van der Waals surface area (Å²) in [6, 6.07) is 12.0. The van der Waals surface area contributed by atoms with Gasteiger partial charge in [0.1, 0.15) is 12.4 Å². The number of esters is 1. The van der Waals surface area contributed by atoms with Crippen LogP contribution in [0.3, 0.4) is 0 Å². The number of anilines is 1. The van der Waals surface area contributed by atoms with Crippen LogP contribution in [0.1, 0.15) is 31.2 Å². The Morgan fingerprint density at radius 1 is 1.05 bits per heavy atom. The molecule has 0 bridgehead atoms. The molecule has 1 saturated heterocycles. The molecule has 10 nitrogen and oxygen atoms in total. The van der Waals surface area contributed by atoms with Crippen molar-refractivity contribution in [3.8, 4) is 22.1 Å². The molecular formula is C31H32FN5O5S. The fourth-order valence-corrected chi connectivity index (χ4v) is 5.92. The lowest BCUT2D eigenvalue weighted by atomic mass is 10.1. The Bertz CT molecular complexity index is 1600. The van der Waals surface area contributed by atoms with Crippen molar-refractivity contribution in [3.63, 3.8) is 0 Å². The average molecular weight is 606 g/mol. The van der Waals surface area contributed by atoms with Crippen LogP contribution in [-0.2, 0) is 20.8 Å². The van der Waals surface area contributed by atoms with E-state index in [2.05, 4.69) is 31.3 Å². The second-order valence-electron chi connectivity index (χ2n) is 10.7. The number of ether oxygens (including phenoxy) is 3. The molecule has 4 heterocycles. The van der Waals surface area contributed by atoms with Gasteiger partial charge in [0.15, 0.2) is 11.6 Å². The first-order valence-corrected chi connectivity index (χ1v) is 15.0. The molecule has 12 heteroatoms. The van der Waals surface area contributed by atoms with Gasteiger partial charge in [0.25, 0.3) is 0 Å². The van der Waals surface area contributed by atoms with Crippen molar-refractivity contribution in [2.24, 2.45) is 0 Å². The maximum atomic E-state index is 14.9. The van der Waals surface area contributed by atoms with Crippen LogP contribution in [0.25, 0.3) is 20.8 Å². The van der Waals surface area contributed by atoms with Crippen molar-refractivity contribution in [1.29, 1.82) is 0 Å². The highest BCUT2D eigenvalue weighted by molar-refractivity contribution is 7.22. The van der Waals surface area contributed by atoms with Crippen molar-refractivity contribution >= 4 is 39.2 Å². The minimum atomic E-state index is -0.582. The van der Waals surface area contributed by atoms with Crippen molar-refractivity contribution in [2.45, 2.75) is 44.4 Å². The highest BCUT2D eigenvalue weighted by Gasteiger charge is 2.24. The number of aromatic nitrogens is 2. The molecule has 3 aromatic heterocycles. The standard InChI is InChI=1S/C31H32FN5O5S/c1-40-29(38)18-41-22-9-12-37(13-10-22)17-19-2-6-24(34-16-19)28-15-25-30(43-28)27(8-11-33-25)42-26-7-5-21(14-23(26)32)36-31(39)35-20-3-4-20/h2,5-8,11,14-16,20,22H,3-4,9-10,12-13,17-18H2,1H3,(H2,35,36,39). The first-order valence-electron chi connectivity index (χ1n) is 14.2. The maximum Gasteiger partial charge on any atom is 0.331 e. The molecule has 1 saturated carbocycles. The summed E-state index contributed by atoms with van der Waals surface area (Å²) in [5.74, 6) is -0.392. The van der Waals surface area contributed by atoms with Crippen LogP contribution in [-0.4, -0.2) is 65.8 Å². The molecule has 1 aliphatic heterocycles. The largest absolute Gasteiger partial charge is 0.467 e. The third-order valence-electron chi connectivity index (χ3n) is 7.38. The number of fused-ring (bicyclic) bond motifs is 1. The number of hydrogen-bond acceptors (Lipinski definition) is 9. The van der Waals surface area contributed by atoms with E-state index in [0.29, 0.717) is 11.4 Å². The van der Waals surface area contributed by atoms with E-state index >= 15 is 0 Å². The molecule has 2 fully saturated rings. The fourth-order valence-electron chi connectivity index (χ4n) is 4.88. The Morgan fingerprint density at radius 3 is 2.60 bits per heavy atom. The monoisotopic (exact) mass is 605 g/mol. The van der Waals surface area contributed by atoms with Crippen LogP contribution >= 0.6 is 11.3 Å². The van der Waals surface area contributed by atoms with Crippen LogP contribution < -0.4 is 15.4 Å². The highest BCUT2D eigenvalue weighted by Crippen LogP contribution is 2.39. The van der Waals surface area contributed by atoms with Gasteiger partial charge in [0.2, 0.25) is 0 Å². The lowest BCUT2D eigenvalue weighted by Crippen LogP contribution is -2.37. The van der Waals surface area contributed by atoms with Crippen molar-refractivity contribution in [3.05, 3.63) is 66.2 Å². The second kappa shape index (κ2) is 13.0. The number of piperidine rings is 1. The Morgan fingerprint density at radius 2 is 1.88 bits per heavy atom. The zero-order valence-corrected chi connectivity index (χ0v) is 24.5. The Balaban J connectivity index is 1.07. The van der Waals surface area contributed by atoms with Crippen LogP contribution in [0.15, 0.2) is 54.9 Å². The number of nitrogens with zero attached hydrogens (tertiary/aromatic N) is 3. The van der Waals surface area contributed by atoms with Gasteiger partial charge in [-0.05, 0) is 55.5 Å². The van der Waals surface area contributed by atoms with E-state index < -0.39 is 5.82 Å². The third-order valence-corrected chi connectivity index (χ3v) is 8.54. The normalized spacial score (nSPS) is 15.8. The molecule has 0 atom stereocenters. The number of hydrogen-bond donors (Lipinski definition) is 2. The summed E-state index contributed by atoms with van der Waals surface area (Å²) in [6.45, 7) is 2.55. The first-order chi connectivity index (χ1) is 20.9. The molecule has 0 unspecified atom stereocenters. The predicted octanol–water partition coefficient (Wildman–Crippen LogP) is 5.73. The van der Waals surface area contributed by atoms with Gasteiger partial charge in [-0.15, -0.1) is 11.3 Å². The van der Waals surface area contributed by atoms with Gasteiger partial charge in [0.05, 0.1) is 34.0 Å². The second-order valence-corrected chi connectivity index (χ2v) is 11.7. The Hall–Kier alpha value is -4.13. The summed E-state index contributed by atoms with van der Waals surface area (Å²) >= 11 is 1.48. The van der Waals surface area contributed by atoms with Crippen molar-refractivity contribution < 1.29 is 28.2 Å². The molecular weight excluding hydrogens is 573 g/mol. The number of benzene rings is 1. The fraction of sp³-hybridized carbons (Fsp3) is 0.355. The maximum absolute atomic E-state index is 14.9. The SMILES string of the molecule is COC(=O)COC1CCN(Cc2ccc(-c3cc4nccc(Oc5ccc(NC(=O)NC6CC6)cc5F)c4s3)nc2)CC1. The number of likely N-dealkylation sites (tertiary alicyclic amines) is 1. The Labute approximate surface area is 252 Å². The van der Waals surface area contributed by atoms with Crippen LogP contribution in [0.5, 0.6) is 11.5 Å². The van der Waals surface area contributed by atoms with E-state index in [0.717, 1.165) is 71.7 Å². The number of nitrogens with one attached hydrogen (secondary N) is 2. The highest BCUT2D eigenvalue weighted by atomic mass is 32.1. The summed E-state index contributed by atoms with van der Waals surface area (Å²) in [6.07, 6.45) is 7.26. The molecule has 224 valence electrons. The Kier molecular flexibility index (Phi) is 8.77. The van der Waals surface area contributed by atoms with Gasteiger partial charge < -0.3 is 24.8 Å². The van der Waals surface area contributed by atoms with E-state index in [4.69, 9.17) is 14.5 Å². The van der Waals surface area contributed by atoms with Gasteiger partial charge in [-0.3, -0.25) is 14.9 Å². The smallest absolute Gasteiger partial charge is 0.331 e. The van der Waals surface area contributed by atoms with E-state index in [-0.39, 0.29) is 36.5 Å². The lowest BCUT2D eigenvalue weighted by molar-refractivity contribution is -0.149. The van der Waals surface area contributed by atoms with Crippen molar-refractivity contribution in [1.82, 2.24) is 20.2 Å². The van der Waals surface area contributed by atoms with Gasteiger partial charge in [-0.2, -0.15) is 0 Å². The number of halogens is 1. The third kappa shape index (κ3) is 7.45. The zero-order chi connectivity index (χ0) is 29.8. The molecule has 6 rings (SSSR count). The number of amides is 2. The summed E-state index contributed by atoms with van der Waals surface area (Å²) in [7, 11) is 1.36. The minimum Gasteiger partial charge on any atom is -0.467 e. The van der Waals surface area contributed by atoms with Gasteiger partial charge in [0, 0.05) is 55.9 Å². The van der Waals surface area contributed by atoms with Crippen molar-refractivity contribution in [2.75, 3.05) is 32.1 Å². The number of pyridine rings is 2. The molecule has 2 amide bonds. The average Bonchev–Trinajstić information content (AvgIpc) is 3.71. The molecule has 2 aliphatic rings. The molecule has 43 heavy (non-hydrogen) atoms. The van der Waals surface area contributed by atoms with Crippen LogP contribution in [0, 0.1) is 5.82 Å². The number of rotatable bonds is 10. The van der Waals surface area contributed by atoms with Crippen LogP contribution in [0.4, 0.5) is 14.9 Å². The topological polar surface area (TPSA) is 115 Å². The number of carbonyl (C=O) groups is 2. The predicted molar refractivity (Wildman–Crippen MR) is 161 cm³/mol. The first kappa shape index (κ1) is 29.0. The lowest BCUT2D eigenvalue weighted by Gasteiger charge is -2.31. The molecule has 1 aliphatic carbocycles. The number of urea groups is 1. The summed E-state index contributed by atoms with van der Waals surface area (Å²) in [5, 5.41) is 5.46. The molecule has 0 radical (unpaired) electrons. The molecule has 2 N–H and O–H groups in total. The summed E-state index contributed by atoms with van der Waals surface area (Å²) in [5.41, 5.74) is 3.01. The number of methoxy groups -OCH3 is 1. The molecule has 1 aromatic carbocycles. The van der Waals surface area contributed by atoms with E-state index in [1.54, 1.807) is 18.3 Å². The van der Waals surface area contributed by atoms with Gasteiger partial charge in [-0.25, -0.2) is 14.0 Å². The van der Waals surface area contributed by atoms with Gasteiger partial charge >= 0.3 is 12.0 Å². The van der Waals surface area contributed by atoms with Crippen LogP contribution in [0.2, 0.25) is 0 Å². The van der Waals surface area contributed by atoms with E-state index in [1.165, 1.54) is 30.6 Å². The van der Waals surface area contributed by atoms with E-state index in [1.807, 2.05) is 18.3 Å².